The highest BCUT2D eigenvalue weighted by Crippen LogP contribution is 2.31. The molecule has 2 aromatic carbocycles. The molecule has 0 fully saturated rings. The third kappa shape index (κ3) is 4.67. The highest BCUT2D eigenvalue weighted by molar-refractivity contribution is 7.99. The molecule has 0 radical (unpaired) electrons. The van der Waals surface area contributed by atoms with E-state index in [-0.39, 0.29) is 11.7 Å². The van der Waals surface area contributed by atoms with E-state index in [2.05, 4.69) is 20.6 Å². The van der Waals surface area contributed by atoms with Crippen LogP contribution in [0.15, 0.2) is 66.0 Å². The average molecular weight is 449 g/mol. The summed E-state index contributed by atoms with van der Waals surface area (Å²) >= 11 is 1.33. The fourth-order valence-electron chi connectivity index (χ4n) is 3.30. The third-order valence-corrected chi connectivity index (χ3v) is 5.77. The first-order chi connectivity index (χ1) is 15.6. The molecule has 0 aliphatic heterocycles. The van der Waals surface area contributed by atoms with Gasteiger partial charge in [0.25, 0.3) is 0 Å². The van der Waals surface area contributed by atoms with Crippen LogP contribution >= 0.6 is 11.8 Å². The highest BCUT2D eigenvalue weighted by atomic mass is 32.2. The van der Waals surface area contributed by atoms with Crippen molar-refractivity contribution in [3.8, 4) is 28.4 Å². The van der Waals surface area contributed by atoms with Crippen LogP contribution in [0.25, 0.3) is 22.6 Å². The molecule has 1 N–H and O–H groups in total. The number of hydrogen-bond acceptors (Lipinski definition) is 6. The summed E-state index contributed by atoms with van der Waals surface area (Å²) in [6, 6.07) is 17.4. The van der Waals surface area contributed by atoms with Crippen LogP contribution in [0.5, 0.6) is 5.75 Å². The summed E-state index contributed by atoms with van der Waals surface area (Å²) in [6.07, 6.45) is 1.93. The van der Waals surface area contributed by atoms with Crippen molar-refractivity contribution in [2.24, 2.45) is 14.1 Å². The van der Waals surface area contributed by atoms with E-state index in [1.165, 1.54) is 11.8 Å². The number of nitrogens with zero attached hydrogens (tertiary/aromatic N) is 5. The number of anilines is 1. The van der Waals surface area contributed by atoms with Gasteiger partial charge in [-0.2, -0.15) is 5.10 Å². The van der Waals surface area contributed by atoms with Crippen molar-refractivity contribution < 1.29 is 9.53 Å². The summed E-state index contributed by atoms with van der Waals surface area (Å²) in [5, 5.41) is 16.8. The second-order valence-corrected chi connectivity index (χ2v) is 8.00. The molecule has 0 atom stereocenters. The number of hydrogen-bond donors (Lipinski definition) is 1. The summed E-state index contributed by atoms with van der Waals surface area (Å²) in [6.45, 7) is 2.44. The number of rotatable bonds is 8. The normalized spacial score (nSPS) is 10.8. The van der Waals surface area contributed by atoms with Crippen LogP contribution in [-0.4, -0.2) is 42.8 Å². The van der Waals surface area contributed by atoms with Crippen molar-refractivity contribution in [2.75, 3.05) is 17.7 Å². The molecule has 1 amide bonds. The van der Waals surface area contributed by atoms with Crippen LogP contribution in [0.3, 0.4) is 0 Å². The molecule has 9 heteroatoms. The van der Waals surface area contributed by atoms with Crippen molar-refractivity contribution in [3.63, 3.8) is 0 Å². The van der Waals surface area contributed by atoms with Crippen LogP contribution in [0, 0.1) is 0 Å². The van der Waals surface area contributed by atoms with E-state index in [0.29, 0.717) is 29.0 Å². The number of ether oxygens (including phenoxy) is 1. The molecule has 0 bridgehead atoms. The van der Waals surface area contributed by atoms with Crippen molar-refractivity contribution in [1.29, 1.82) is 0 Å². The van der Waals surface area contributed by atoms with Gasteiger partial charge in [-0.1, -0.05) is 54.2 Å². The van der Waals surface area contributed by atoms with Gasteiger partial charge in [0, 0.05) is 25.9 Å². The molecule has 8 nitrogen and oxygen atoms in total. The lowest BCUT2D eigenvalue weighted by Crippen LogP contribution is -2.15. The van der Waals surface area contributed by atoms with Gasteiger partial charge in [0.05, 0.1) is 23.6 Å². The Morgan fingerprint density at radius 3 is 2.59 bits per heavy atom. The lowest BCUT2D eigenvalue weighted by molar-refractivity contribution is -0.113. The number of aromatic nitrogens is 5. The number of benzene rings is 2. The first-order valence-corrected chi connectivity index (χ1v) is 11.2. The SMILES string of the molecule is CCOc1ccccc1NC(=O)CSc1nnc(-c2cn(C)nc2-c2ccccc2)n1C. The molecular formula is C23H24N6O2S. The highest BCUT2D eigenvalue weighted by Gasteiger charge is 2.19. The maximum atomic E-state index is 12.5. The summed E-state index contributed by atoms with van der Waals surface area (Å²) in [4.78, 5) is 12.5. The van der Waals surface area contributed by atoms with Crippen LogP contribution in [0.4, 0.5) is 5.69 Å². The molecule has 0 aliphatic carbocycles. The second kappa shape index (κ2) is 9.69. The zero-order valence-corrected chi connectivity index (χ0v) is 19.0. The van der Waals surface area contributed by atoms with E-state index in [1.807, 2.05) is 86.4 Å². The number of carbonyl (C=O) groups is 1. The Labute approximate surface area is 190 Å². The smallest absolute Gasteiger partial charge is 0.234 e. The van der Waals surface area contributed by atoms with E-state index >= 15 is 0 Å². The van der Waals surface area contributed by atoms with Gasteiger partial charge in [0.2, 0.25) is 5.91 Å². The number of aryl methyl sites for hydroxylation is 1. The molecule has 0 saturated carbocycles. The number of para-hydroxylation sites is 2. The molecule has 4 rings (SSSR count). The Bertz CT molecular complexity index is 1220. The Hall–Kier alpha value is -3.59. The maximum Gasteiger partial charge on any atom is 0.234 e. The standard InChI is InChI=1S/C23H24N6O2S/c1-4-31-19-13-9-8-12-18(19)24-20(30)15-32-23-26-25-22(29(23)3)17-14-28(2)27-21(17)16-10-6-5-7-11-16/h5-14H,4,15H2,1-3H3,(H,24,30). The molecule has 4 aromatic rings. The van der Waals surface area contributed by atoms with Crippen LogP contribution < -0.4 is 10.1 Å². The topological polar surface area (TPSA) is 86.9 Å². The molecule has 0 aliphatic rings. The van der Waals surface area contributed by atoms with Gasteiger partial charge in [0.15, 0.2) is 11.0 Å². The van der Waals surface area contributed by atoms with Gasteiger partial charge in [-0.05, 0) is 19.1 Å². The van der Waals surface area contributed by atoms with Gasteiger partial charge in [-0.15, -0.1) is 10.2 Å². The molecule has 164 valence electrons. The Kier molecular flexibility index (Phi) is 6.55. The predicted molar refractivity (Wildman–Crippen MR) is 126 cm³/mol. The van der Waals surface area contributed by atoms with Gasteiger partial charge >= 0.3 is 0 Å². The van der Waals surface area contributed by atoms with Gasteiger partial charge in [-0.25, -0.2) is 0 Å². The van der Waals surface area contributed by atoms with E-state index < -0.39 is 0 Å². The largest absolute Gasteiger partial charge is 0.492 e. The van der Waals surface area contributed by atoms with Crippen LogP contribution in [0.2, 0.25) is 0 Å². The van der Waals surface area contributed by atoms with E-state index in [4.69, 9.17) is 4.74 Å². The number of thioether (sulfide) groups is 1. The fourth-order valence-corrected chi connectivity index (χ4v) is 4.02. The molecular weight excluding hydrogens is 424 g/mol. The van der Waals surface area contributed by atoms with Gasteiger partial charge < -0.3 is 14.6 Å². The number of nitrogens with one attached hydrogen (secondary N) is 1. The maximum absolute atomic E-state index is 12.5. The lowest BCUT2D eigenvalue weighted by atomic mass is 10.1. The first-order valence-electron chi connectivity index (χ1n) is 10.2. The molecule has 0 unspecified atom stereocenters. The summed E-state index contributed by atoms with van der Waals surface area (Å²) in [5.74, 6) is 1.41. The van der Waals surface area contributed by atoms with Crippen LogP contribution in [-0.2, 0) is 18.9 Å². The van der Waals surface area contributed by atoms with Gasteiger partial charge in [-0.3, -0.25) is 9.48 Å². The summed E-state index contributed by atoms with van der Waals surface area (Å²) < 4.78 is 9.22. The number of carbonyl (C=O) groups excluding carboxylic acids is 1. The van der Waals surface area contributed by atoms with E-state index in [9.17, 15) is 4.79 Å². The van der Waals surface area contributed by atoms with Crippen molar-refractivity contribution in [3.05, 3.63) is 60.8 Å². The van der Waals surface area contributed by atoms with Crippen molar-refractivity contribution >= 4 is 23.4 Å². The molecule has 2 aromatic heterocycles. The monoisotopic (exact) mass is 448 g/mol. The van der Waals surface area contributed by atoms with E-state index in [0.717, 1.165) is 16.8 Å². The Morgan fingerprint density at radius 2 is 1.81 bits per heavy atom. The lowest BCUT2D eigenvalue weighted by Gasteiger charge is -2.11. The molecule has 0 spiro atoms. The third-order valence-electron chi connectivity index (χ3n) is 4.75. The average Bonchev–Trinajstić information content (AvgIpc) is 3.36. The minimum atomic E-state index is -0.141. The molecule has 0 saturated heterocycles. The Balaban J connectivity index is 1.49. The first kappa shape index (κ1) is 21.6. The minimum Gasteiger partial charge on any atom is -0.492 e. The second-order valence-electron chi connectivity index (χ2n) is 7.06. The van der Waals surface area contributed by atoms with Crippen molar-refractivity contribution in [2.45, 2.75) is 12.1 Å². The summed E-state index contributed by atoms with van der Waals surface area (Å²) in [5.41, 5.74) is 3.38. The fraction of sp³-hybridized carbons (Fsp3) is 0.217. The minimum absolute atomic E-state index is 0.141. The zero-order valence-electron chi connectivity index (χ0n) is 18.1. The van der Waals surface area contributed by atoms with E-state index in [1.54, 1.807) is 4.68 Å². The Morgan fingerprint density at radius 1 is 1.06 bits per heavy atom. The molecule has 32 heavy (non-hydrogen) atoms. The molecule has 2 heterocycles. The number of amides is 1. The quantitative estimate of drug-likeness (QED) is 0.410. The van der Waals surface area contributed by atoms with Crippen molar-refractivity contribution in [1.82, 2.24) is 24.5 Å². The summed E-state index contributed by atoms with van der Waals surface area (Å²) in [7, 11) is 3.77. The zero-order chi connectivity index (χ0) is 22.5. The van der Waals surface area contributed by atoms with Crippen LogP contribution in [0.1, 0.15) is 6.92 Å². The van der Waals surface area contributed by atoms with Gasteiger partial charge in [0.1, 0.15) is 11.4 Å². The predicted octanol–water partition coefficient (Wildman–Crippen LogP) is 4.01.